The van der Waals surface area contributed by atoms with Gasteiger partial charge < -0.3 is 4.74 Å². The van der Waals surface area contributed by atoms with E-state index >= 15 is 0 Å². The van der Waals surface area contributed by atoms with Gasteiger partial charge in [-0.15, -0.1) is 11.3 Å². The predicted octanol–water partition coefficient (Wildman–Crippen LogP) is 4.32. The molecule has 0 spiro atoms. The lowest BCUT2D eigenvalue weighted by Crippen LogP contribution is -2.05. The number of benzene rings is 1. The molecule has 0 aliphatic rings. The standard InChI is InChI=1S/C12H10BrNOS/c1-7(2)15-11-4-3-10(13)9-5-8(6-14)16-12(9)11/h3-5,7H,1-2H3. The lowest BCUT2D eigenvalue weighted by molar-refractivity contribution is 0.246. The monoisotopic (exact) mass is 295 g/mol. The van der Waals surface area contributed by atoms with Crippen LogP contribution in [0.4, 0.5) is 0 Å². The molecular weight excluding hydrogens is 286 g/mol. The van der Waals surface area contributed by atoms with E-state index in [4.69, 9.17) is 10.00 Å². The van der Waals surface area contributed by atoms with Crippen LogP contribution in [0.5, 0.6) is 5.75 Å². The number of hydrogen-bond donors (Lipinski definition) is 0. The Morgan fingerprint density at radius 3 is 2.81 bits per heavy atom. The zero-order valence-electron chi connectivity index (χ0n) is 8.95. The number of hydrogen-bond acceptors (Lipinski definition) is 3. The maximum absolute atomic E-state index is 8.91. The van der Waals surface area contributed by atoms with Gasteiger partial charge in [-0.1, -0.05) is 15.9 Å². The van der Waals surface area contributed by atoms with Crippen LogP contribution in [0.1, 0.15) is 18.7 Å². The molecular formula is C12H10BrNOS. The third kappa shape index (κ3) is 2.06. The van der Waals surface area contributed by atoms with Gasteiger partial charge in [0.2, 0.25) is 0 Å². The van der Waals surface area contributed by atoms with Gasteiger partial charge in [0, 0.05) is 9.86 Å². The minimum atomic E-state index is 0.136. The molecule has 0 N–H and O–H groups in total. The van der Waals surface area contributed by atoms with Crippen molar-refractivity contribution in [3.8, 4) is 11.8 Å². The smallest absolute Gasteiger partial charge is 0.137 e. The molecule has 1 aromatic carbocycles. The first kappa shape index (κ1) is 11.4. The molecule has 0 aliphatic carbocycles. The largest absolute Gasteiger partial charge is 0.490 e. The minimum Gasteiger partial charge on any atom is -0.490 e. The Morgan fingerprint density at radius 2 is 2.19 bits per heavy atom. The third-order valence-corrected chi connectivity index (χ3v) is 3.81. The zero-order chi connectivity index (χ0) is 11.7. The first-order valence-electron chi connectivity index (χ1n) is 4.90. The fourth-order valence-corrected chi connectivity index (χ4v) is 2.98. The van der Waals surface area contributed by atoms with Crippen LogP contribution in [-0.4, -0.2) is 6.10 Å². The van der Waals surface area contributed by atoms with Crippen molar-refractivity contribution in [2.24, 2.45) is 0 Å². The molecule has 2 nitrogen and oxygen atoms in total. The third-order valence-electron chi connectivity index (χ3n) is 2.07. The molecule has 0 saturated heterocycles. The van der Waals surface area contributed by atoms with E-state index in [2.05, 4.69) is 22.0 Å². The van der Waals surface area contributed by atoms with Gasteiger partial charge in [0.15, 0.2) is 0 Å². The Hall–Kier alpha value is -1.05. The second-order valence-corrected chi connectivity index (χ2v) is 5.58. The lowest BCUT2D eigenvalue weighted by atomic mass is 10.2. The van der Waals surface area contributed by atoms with Gasteiger partial charge in [-0.05, 0) is 32.0 Å². The first-order chi connectivity index (χ1) is 7.61. The normalized spacial score (nSPS) is 10.7. The minimum absolute atomic E-state index is 0.136. The van der Waals surface area contributed by atoms with Gasteiger partial charge in [0.1, 0.15) is 16.7 Å². The molecule has 0 atom stereocenters. The zero-order valence-corrected chi connectivity index (χ0v) is 11.4. The number of thiophene rings is 1. The highest BCUT2D eigenvalue weighted by Gasteiger charge is 2.11. The molecule has 2 rings (SSSR count). The van der Waals surface area contributed by atoms with Crippen molar-refractivity contribution in [2.45, 2.75) is 20.0 Å². The quantitative estimate of drug-likeness (QED) is 0.826. The van der Waals surface area contributed by atoms with Crippen molar-refractivity contribution in [3.63, 3.8) is 0 Å². The molecule has 1 heterocycles. The second-order valence-electron chi connectivity index (χ2n) is 3.68. The van der Waals surface area contributed by atoms with Crippen molar-refractivity contribution in [1.82, 2.24) is 0 Å². The van der Waals surface area contributed by atoms with Crippen LogP contribution in [-0.2, 0) is 0 Å². The van der Waals surface area contributed by atoms with E-state index in [9.17, 15) is 0 Å². The summed E-state index contributed by atoms with van der Waals surface area (Å²) < 4.78 is 7.74. The maximum Gasteiger partial charge on any atom is 0.137 e. The molecule has 0 radical (unpaired) electrons. The Kier molecular flexibility index (Phi) is 3.17. The Morgan fingerprint density at radius 1 is 1.44 bits per heavy atom. The first-order valence-corrected chi connectivity index (χ1v) is 6.51. The maximum atomic E-state index is 8.91. The summed E-state index contributed by atoms with van der Waals surface area (Å²) in [4.78, 5) is 0.704. The highest BCUT2D eigenvalue weighted by atomic mass is 79.9. The van der Waals surface area contributed by atoms with E-state index in [1.807, 2.05) is 32.0 Å². The fourth-order valence-electron chi connectivity index (χ4n) is 1.47. The van der Waals surface area contributed by atoms with E-state index in [0.29, 0.717) is 4.88 Å². The average molecular weight is 296 g/mol. The number of nitrogens with zero attached hydrogens (tertiary/aromatic N) is 1. The van der Waals surface area contributed by atoms with E-state index in [1.54, 1.807) is 0 Å². The van der Waals surface area contributed by atoms with Crippen LogP contribution >= 0.6 is 27.3 Å². The average Bonchev–Trinajstić information content (AvgIpc) is 2.66. The number of fused-ring (bicyclic) bond motifs is 1. The molecule has 0 unspecified atom stereocenters. The summed E-state index contributed by atoms with van der Waals surface area (Å²) in [5.74, 6) is 0.847. The summed E-state index contributed by atoms with van der Waals surface area (Å²) in [5.41, 5.74) is 0. The molecule has 16 heavy (non-hydrogen) atoms. The van der Waals surface area contributed by atoms with Crippen molar-refractivity contribution in [1.29, 1.82) is 5.26 Å². The number of halogens is 1. The van der Waals surface area contributed by atoms with Gasteiger partial charge in [-0.25, -0.2) is 0 Å². The second kappa shape index (κ2) is 4.44. The van der Waals surface area contributed by atoms with E-state index < -0.39 is 0 Å². The molecule has 0 bridgehead atoms. The molecule has 4 heteroatoms. The summed E-state index contributed by atoms with van der Waals surface area (Å²) in [6.45, 7) is 3.99. The van der Waals surface area contributed by atoms with Crippen LogP contribution in [0.25, 0.3) is 10.1 Å². The lowest BCUT2D eigenvalue weighted by Gasteiger charge is -2.10. The van der Waals surface area contributed by atoms with Crippen molar-refractivity contribution < 1.29 is 4.74 Å². The van der Waals surface area contributed by atoms with Crippen LogP contribution < -0.4 is 4.74 Å². The van der Waals surface area contributed by atoms with Gasteiger partial charge in [0.05, 0.1) is 10.8 Å². The van der Waals surface area contributed by atoms with Crippen LogP contribution in [0, 0.1) is 11.3 Å². The van der Waals surface area contributed by atoms with Crippen LogP contribution in [0.2, 0.25) is 0 Å². The van der Waals surface area contributed by atoms with Gasteiger partial charge in [0.25, 0.3) is 0 Å². The summed E-state index contributed by atoms with van der Waals surface area (Å²) in [6, 6.07) is 7.94. The van der Waals surface area contributed by atoms with Crippen molar-refractivity contribution in [2.75, 3.05) is 0 Å². The molecule has 0 fully saturated rings. The van der Waals surface area contributed by atoms with E-state index in [0.717, 1.165) is 20.3 Å². The fraction of sp³-hybridized carbons (Fsp3) is 0.250. The SMILES string of the molecule is CC(C)Oc1ccc(Br)c2cc(C#N)sc12. The molecule has 2 aromatic rings. The van der Waals surface area contributed by atoms with Crippen molar-refractivity contribution >= 4 is 37.4 Å². The predicted molar refractivity (Wildman–Crippen MR) is 70.0 cm³/mol. The summed E-state index contributed by atoms with van der Waals surface area (Å²) >= 11 is 4.95. The van der Waals surface area contributed by atoms with Crippen molar-refractivity contribution in [3.05, 3.63) is 27.5 Å². The van der Waals surface area contributed by atoms with E-state index in [-0.39, 0.29) is 6.10 Å². The molecule has 0 aliphatic heterocycles. The topological polar surface area (TPSA) is 33.0 Å². The summed E-state index contributed by atoms with van der Waals surface area (Å²) in [6.07, 6.45) is 0.136. The van der Waals surface area contributed by atoms with Gasteiger partial charge in [-0.2, -0.15) is 5.26 Å². The van der Waals surface area contributed by atoms with E-state index in [1.165, 1.54) is 11.3 Å². The molecule has 0 saturated carbocycles. The van der Waals surface area contributed by atoms with Crippen LogP contribution in [0.3, 0.4) is 0 Å². The van der Waals surface area contributed by atoms with Gasteiger partial charge >= 0.3 is 0 Å². The summed E-state index contributed by atoms with van der Waals surface area (Å²) in [7, 11) is 0. The number of rotatable bonds is 2. The summed E-state index contributed by atoms with van der Waals surface area (Å²) in [5, 5.41) is 9.95. The number of ether oxygens (including phenoxy) is 1. The molecule has 82 valence electrons. The highest BCUT2D eigenvalue weighted by molar-refractivity contribution is 9.10. The Bertz CT molecular complexity index is 568. The molecule has 1 aromatic heterocycles. The van der Waals surface area contributed by atoms with Crippen LogP contribution in [0.15, 0.2) is 22.7 Å². The number of nitriles is 1. The van der Waals surface area contributed by atoms with Gasteiger partial charge in [-0.3, -0.25) is 0 Å². The Labute approximate surface area is 107 Å². The Balaban J connectivity index is 2.63. The molecule has 0 amide bonds. The highest BCUT2D eigenvalue weighted by Crippen LogP contribution is 2.38.